The third kappa shape index (κ3) is 2.90. The minimum Gasteiger partial charge on any atom is -0.306 e. The first-order valence-corrected chi connectivity index (χ1v) is 6.26. The Morgan fingerprint density at radius 1 is 1.44 bits per heavy atom. The van der Waals surface area contributed by atoms with Crippen LogP contribution in [-0.2, 0) is 13.1 Å². The first-order chi connectivity index (χ1) is 7.75. The number of rotatable bonds is 5. The van der Waals surface area contributed by atoms with E-state index < -0.39 is 0 Å². The number of thiazole rings is 1. The first-order valence-electron chi connectivity index (χ1n) is 5.38. The SMILES string of the molecule is CC(C)n1ccc(CNCc2cncs2)n1. The van der Waals surface area contributed by atoms with E-state index in [1.54, 1.807) is 11.3 Å². The zero-order valence-corrected chi connectivity index (χ0v) is 10.4. The summed E-state index contributed by atoms with van der Waals surface area (Å²) in [6.07, 6.45) is 3.92. The van der Waals surface area contributed by atoms with E-state index in [1.165, 1.54) is 4.88 Å². The van der Waals surface area contributed by atoms with E-state index in [1.807, 2.05) is 22.6 Å². The van der Waals surface area contributed by atoms with Crippen LogP contribution in [0.3, 0.4) is 0 Å². The van der Waals surface area contributed by atoms with Gasteiger partial charge in [-0.05, 0) is 19.9 Å². The second kappa shape index (κ2) is 5.23. The van der Waals surface area contributed by atoms with Crippen molar-refractivity contribution in [3.8, 4) is 0 Å². The van der Waals surface area contributed by atoms with E-state index in [0.29, 0.717) is 6.04 Å². The van der Waals surface area contributed by atoms with Crippen LogP contribution in [0.5, 0.6) is 0 Å². The van der Waals surface area contributed by atoms with Crippen molar-refractivity contribution >= 4 is 11.3 Å². The van der Waals surface area contributed by atoms with Crippen LogP contribution in [0.25, 0.3) is 0 Å². The molecular formula is C11H16N4S. The van der Waals surface area contributed by atoms with Crippen LogP contribution in [-0.4, -0.2) is 14.8 Å². The van der Waals surface area contributed by atoms with Gasteiger partial charge < -0.3 is 5.32 Å². The molecule has 2 aromatic heterocycles. The molecule has 0 aliphatic rings. The van der Waals surface area contributed by atoms with Gasteiger partial charge in [-0.1, -0.05) is 0 Å². The van der Waals surface area contributed by atoms with Crippen molar-refractivity contribution in [2.75, 3.05) is 0 Å². The molecule has 0 aromatic carbocycles. The largest absolute Gasteiger partial charge is 0.306 e. The fourth-order valence-electron chi connectivity index (χ4n) is 1.40. The minimum atomic E-state index is 0.426. The molecule has 0 fully saturated rings. The molecule has 2 aromatic rings. The smallest absolute Gasteiger partial charge is 0.0794 e. The second-order valence-electron chi connectivity index (χ2n) is 3.95. The highest BCUT2D eigenvalue weighted by atomic mass is 32.1. The van der Waals surface area contributed by atoms with Crippen LogP contribution in [0.1, 0.15) is 30.5 Å². The van der Waals surface area contributed by atoms with E-state index in [2.05, 4.69) is 35.3 Å². The van der Waals surface area contributed by atoms with Gasteiger partial charge in [-0.2, -0.15) is 5.10 Å². The summed E-state index contributed by atoms with van der Waals surface area (Å²) in [4.78, 5) is 5.29. The fraction of sp³-hybridized carbons (Fsp3) is 0.455. The molecule has 0 radical (unpaired) electrons. The molecule has 4 nitrogen and oxygen atoms in total. The minimum absolute atomic E-state index is 0.426. The monoisotopic (exact) mass is 236 g/mol. The normalized spacial score (nSPS) is 11.2. The van der Waals surface area contributed by atoms with Gasteiger partial charge in [0.15, 0.2) is 0 Å². The van der Waals surface area contributed by atoms with E-state index in [4.69, 9.17) is 0 Å². The molecule has 0 unspecified atom stereocenters. The van der Waals surface area contributed by atoms with E-state index in [9.17, 15) is 0 Å². The quantitative estimate of drug-likeness (QED) is 0.865. The van der Waals surface area contributed by atoms with E-state index in [-0.39, 0.29) is 0 Å². The summed E-state index contributed by atoms with van der Waals surface area (Å²) in [6, 6.07) is 2.48. The first kappa shape index (κ1) is 11.3. The maximum atomic E-state index is 4.47. The second-order valence-corrected chi connectivity index (χ2v) is 4.92. The fourth-order valence-corrected chi connectivity index (χ4v) is 1.97. The number of hydrogen-bond donors (Lipinski definition) is 1. The lowest BCUT2D eigenvalue weighted by atomic mass is 10.4. The molecule has 0 atom stereocenters. The van der Waals surface area contributed by atoms with Gasteiger partial charge in [-0.3, -0.25) is 9.67 Å². The molecule has 0 aliphatic heterocycles. The predicted molar refractivity (Wildman–Crippen MR) is 65.3 cm³/mol. The maximum Gasteiger partial charge on any atom is 0.0794 e. The average molecular weight is 236 g/mol. The van der Waals surface area contributed by atoms with E-state index in [0.717, 1.165) is 18.8 Å². The van der Waals surface area contributed by atoms with Crippen LogP contribution >= 0.6 is 11.3 Å². The molecule has 0 saturated carbocycles. The number of nitrogens with zero attached hydrogens (tertiary/aromatic N) is 3. The van der Waals surface area contributed by atoms with Gasteiger partial charge in [-0.25, -0.2) is 0 Å². The highest BCUT2D eigenvalue weighted by Gasteiger charge is 2.01. The molecule has 86 valence electrons. The molecule has 0 bridgehead atoms. The molecule has 0 spiro atoms. The summed E-state index contributed by atoms with van der Waals surface area (Å²) in [7, 11) is 0. The van der Waals surface area contributed by atoms with Gasteiger partial charge in [-0.15, -0.1) is 11.3 Å². The standard InChI is InChI=1S/C11H16N4S/c1-9(2)15-4-3-10(14-15)5-12-6-11-7-13-8-16-11/h3-4,7-9,12H,5-6H2,1-2H3. The molecule has 2 heterocycles. The Kier molecular flexibility index (Phi) is 3.69. The molecule has 16 heavy (non-hydrogen) atoms. The van der Waals surface area contributed by atoms with Crippen LogP contribution in [0.4, 0.5) is 0 Å². The molecule has 5 heteroatoms. The zero-order valence-electron chi connectivity index (χ0n) is 9.55. The number of nitrogens with one attached hydrogen (secondary N) is 1. The Morgan fingerprint density at radius 2 is 2.31 bits per heavy atom. The van der Waals surface area contributed by atoms with Crippen molar-refractivity contribution in [1.29, 1.82) is 0 Å². The van der Waals surface area contributed by atoms with Crippen molar-refractivity contribution < 1.29 is 0 Å². The lowest BCUT2D eigenvalue weighted by Crippen LogP contribution is -2.13. The Hall–Kier alpha value is -1.20. The lowest BCUT2D eigenvalue weighted by molar-refractivity contribution is 0.521. The summed E-state index contributed by atoms with van der Waals surface area (Å²) in [5.41, 5.74) is 2.93. The highest BCUT2D eigenvalue weighted by molar-refractivity contribution is 7.09. The predicted octanol–water partition coefficient (Wildman–Crippen LogP) is 2.21. The maximum absolute atomic E-state index is 4.47. The lowest BCUT2D eigenvalue weighted by Gasteiger charge is -2.04. The highest BCUT2D eigenvalue weighted by Crippen LogP contribution is 2.06. The molecule has 1 N–H and O–H groups in total. The Balaban J connectivity index is 1.81. The van der Waals surface area contributed by atoms with Gasteiger partial charge in [0.05, 0.1) is 11.2 Å². The third-order valence-electron chi connectivity index (χ3n) is 2.28. The van der Waals surface area contributed by atoms with Gasteiger partial charge in [0.2, 0.25) is 0 Å². The summed E-state index contributed by atoms with van der Waals surface area (Å²) >= 11 is 1.67. The van der Waals surface area contributed by atoms with Crippen molar-refractivity contribution in [3.63, 3.8) is 0 Å². The Bertz CT molecular complexity index is 419. The molecule has 0 aliphatic carbocycles. The molecule has 2 rings (SSSR count). The molecule has 0 saturated heterocycles. The van der Waals surface area contributed by atoms with Gasteiger partial charge in [0.25, 0.3) is 0 Å². The Morgan fingerprint density at radius 3 is 2.94 bits per heavy atom. The van der Waals surface area contributed by atoms with Crippen LogP contribution in [0.2, 0.25) is 0 Å². The van der Waals surface area contributed by atoms with Crippen molar-refractivity contribution in [2.45, 2.75) is 33.0 Å². The average Bonchev–Trinajstić information content (AvgIpc) is 2.87. The van der Waals surface area contributed by atoms with Crippen molar-refractivity contribution in [2.24, 2.45) is 0 Å². The summed E-state index contributed by atoms with van der Waals surface area (Å²) in [5.74, 6) is 0. The Labute approximate surface area is 99.3 Å². The van der Waals surface area contributed by atoms with Crippen LogP contribution < -0.4 is 5.32 Å². The van der Waals surface area contributed by atoms with Crippen molar-refractivity contribution in [3.05, 3.63) is 34.5 Å². The summed E-state index contributed by atoms with van der Waals surface area (Å²) in [6.45, 7) is 5.92. The molecular weight excluding hydrogens is 220 g/mol. The van der Waals surface area contributed by atoms with Crippen LogP contribution in [0.15, 0.2) is 24.0 Å². The van der Waals surface area contributed by atoms with Gasteiger partial charge in [0, 0.05) is 36.4 Å². The van der Waals surface area contributed by atoms with Crippen LogP contribution in [0, 0.1) is 0 Å². The van der Waals surface area contributed by atoms with Gasteiger partial charge in [0.1, 0.15) is 0 Å². The van der Waals surface area contributed by atoms with Gasteiger partial charge >= 0.3 is 0 Å². The topological polar surface area (TPSA) is 42.7 Å². The summed E-state index contributed by atoms with van der Waals surface area (Å²) < 4.78 is 1.98. The van der Waals surface area contributed by atoms with Crippen molar-refractivity contribution in [1.82, 2.24) is 20.1 Å². The van der Waals surface area contributed by atoms with E-state index >= 15 is 0 Å². The summed E-state index contributed by atoms with van der Waals surface area (Å²) in [5, 5.41) is 7.82. The molecule has 0 amide bonds. The zero-order chi connectivity index (χ0) is 11.4. The number of aromatic nitrogens is 3. The third-order valence-corrected chi connectivity index (χ3v) is 3.06. The number of hydrogen-bond acceptors (Lipinski definition) is 4.